The Morgan fingerprint density at radius 3 is 2.60 bits per heavy atom. The lowest BCUT2D eigenvalue weighted by atomic mass is 10.0. The minimum atomic E-state index is -1.20. The molecule has 0 fully saturated rings. The summed E-state index contributed by atoms with van der Waals surface area (Å²) in [7, 11) is 4.57. The molecule has 0 saturated heterocycles. The number of carbonyl (C=O) groups is 3. The van der Waals surface area contributed by atoms with Crippen molar-refractivity contribution in [2.45, 2.75) is 39.7 Å². The molecule has 1 atom stereocenters. The third-order valence-electron chi connectivity index (χ3n) is 6.65. The zero-order valence-electron chi connectivity index (χ0n) is 24.3. The minimum absolute atomic E-state index is 0.0103. The number of halogens is 2. The van der Waals surface area contributed by atoms with Crippen LogP contribution in [0, 0.1) is 17.7 Å². The molecule has 3 amide bonds. The first-order chi connectivity index (χ1) is 19.8. The largest absolute Gasteiger partial charge is 0.465 e. The fraction of sp³-hybridized carbons (Fsp3) is 0.414. The number of hydrogen-bond donors (Lipinski definition) is 3. The first kappa shape index (κ1) is 32.3. The van der Waals surface area contributed by atoms with Crippen molar-refractivity contribution < 1.29 is 23.9 Å². The van der Waals surface area contributed by atoms with Crippen molar-refractivity contribution in [2.24, 2.45) is 11.8 Å². The van der Waals surface area contributed by atoms with Gasteiger partial charge in [-0.25, -0.2) is 9.18 Å². The molecule has 42 heavy (non-hydrogen) atoms. The molecule has 0 unspecified atom stereocenters. The van der Waals surface area contributed by atoms with Gasteiger partial charge in [0.25, 0.3) is 5.56 Å². The van der Waals surface area contributed by atoms with E-state index in [2.05, 4.69) is 15.3 Å². The first-order valence-electron chi connectivity index (χ1n) is 13.5. The Balaban J connectivity index is 1.84. The summed E-state index contributed by atoms with van der Waals surface area (Å²) >= 11 is 6.36. The molecule has 0 spiro atoms. The molecule has 0 aliphatic rings. The van der Waals surface area contributed by atoms with Crippen LogP contribution in [0.5, 0.6) is 0 Å². The summed E-state index contributed by atoms with van der Waals surface area (Å²) in [5.74, 6) is -1.77. The Hall–Kier alpha value is -4.19. The Morgan fingerprint density at radius 2 is 1.95 bits per heavy atom. The van der Waals surface area contributed by atoms with Crippen LogP contribution in [-0.4, -0.2) is 75.0 Å². The van der Waals surface area contributed by atoms with E-state index in [0.29, 0.717) is 35.1 Å². The standard InChI is InChI=1S/C29H36ClFN6O5/c1-17(2)12-20-21(31)14-32-23-13-19(33-26(20)23)16-37-24(30)11-10-22(28(37)40)34-27(39)18(15-36(5)29(41)42)8-6-7-9-25(38)35(3)4/h7,9-11,13-14,17-18,33H,6,8,12,15-16H2,1-5H3,(H,34,39)(H,41,42)/b9-7+/t18-/m0/s1. The number of allylic oxidation sites excluding steroid dienone is 1. The van der Waals surface area contributed by atoms with Crippen molar-refractivity contribution in [1.82, 2.24) is 24.3 Å². The van der Waals surface area contributed by atoms with Gasteiger partial charge in [-0.2, -0.15) is 0 Å². The molecule has 0 radical (unpaired) electrons. The van der Waals surface area contributed by atoms with Crippen molar-refractivity contribution in [3.8, 4) is 0 Å². The SMILES string of the molecule is CC(C)Cc1c(F)cnc2cc(Cn3c(Cl)ccc(NC(=O)[C@@H](CC/C=C/C(=O)N(C)C)CN(C)C(=O)O)c3=O)[nH]c12. The first-order valence-corrected chi connectivity index (χ1v) is 13.8. The van der Waals surface area contributed by atoms with Gasteiger partial charge in [0, 0.05) is 38.9 Å². The monoisotopic (exact) mass is 602 g/mol. The second-order valence-corrected chi connectivity index (χ2v) is 11.1. The van der Waals surface area contributed by atoms with E-state index in [1.807, 2.05) is 13.8 Å². The lowest BCUT2D eigenvalue weighted by Crippen LogP contribution is -2.37. The van der Waals surface area contributed by atoms with Gasteiger partial charge in [0.2, 0.25) is 11.8 Å². The molecule has 0 saturated carbocycles. The number of rotatable bonds is 12. The summed E-state index contributed by atoms with van der Waals surface area (Å²) in [6, 6.07) is 4.58. The lowest BCUT2D eigenvalue weighted by molar-refractivity contribution is -0.123. The van der Waals surface area contributed by atoms with E-state index in [9.17, 15) is 28.7 Å². The van der Waals surface area contributed by atoms with Crippen LogP contribution < -0.4 is 10.9 Å². The van der Waals surface area contributed by atoms with Crippen molar-refractivity contribution in [2.75, 3.05) is 33.0 Å². The van der Waals surface area contributed by atoms with E-state index in [-0.39, 0.29) is 42.2 Å². The zero-order chi connectivity index (χ0) is 31.1. The fourth-order valence-corrected chi connectivity index (χ4v) is 4.59. The summed E-state index contributed by atoms with van der Waals surface area (Å²) in [5.41, 5.74) is 1.59. The van der Waals surface area contributed by atoms with E-state index in [1.165, 1.54) is 40.9 Å². The Bertz CT molecular complexity index is 1550. The highest BCUT2D eigenvalue weighted by Gasteiger charge is 2.23. The highest BCUT2D eigenvalue weighted by molar-refractivity contribution is 6.29. The van der Waals surface area contributed by atoms with Gasteiger partial charge in [0.1, 0.15) is 16.7 Å². The highest BCUT2D eigenvalue weighted by atomic mass is 35.5. The Kier molecular flexibility index (Phi) is 10.9. The number of likely N-dealkylation sites (N-methyl/N-ethyl adjacent to an activating group) is 1. The average Bonchev–Trinajstić information content (AvgIpc) is 3.34. The maximum atomic E-state index is 14.5. The van der Waals surface area contributed by atoms with Crippen LogP contribution in [0.4, 0.5) is 14.9 Å². The van der Waals surface area contributed by atoms with Crippen molar-refractivity contribution >= 4 is 46.2 Å². The van der Waals surface area contributed by atoms with E-state index < -0.39 is 29.3 Å². The molecule has 0 aliphatic heterocycles. The maximum absolute atomic E-state index is 14.5. The van der Waals surface area contributed by atoms with Crippen LogP contribution in [0.2, 0.25) is 5.15 Å². The predicted molar refractivity (Wildman–Crippen MR) is 159 cm³/mol. The average molecular weight is 603 g/mol. The lowest BCUT2D eigenvalue weighted by Gasteiger charge is -2.21. The fourth-order valence-electron chi connectivity index (χ4n) is 4.39. The van der Waals surface area contributed by atoms with Crippen molar-refractivity contribution in [3.05, 3.63) is 69.1 Å². The number of pyridine rings is 2. The minimum Gasteiger partial charge on any atom is -0.465 e. The summed E-state index contributed by atoms with van der Waals surface area (Å²) in [5, 5.41) is 12.1. The maximum Gasteiger partial charge on any atom is 0.407 e. The summed E-state index contributed by atoms with van der Waals surface area (Å²) in [4.78, 5) is 59.5. The molecule has 0 aliphatic carbocycles. The Labute approximate surface area is 248 Å². The third-order valence-corrected chi connectivity index (χ3v) is 6.98. The number of nitrogens with zero attached hydrogens (tertiary/aromatic N) is 4. The van der Waals surface area contributed by atoms with Crippen molar-refractivity contribution in [1.29, 1.82) is 0 Å². The molecule has 3 aromatic rings. The number of carbonyl (C=O) groups excluding carboxylic acids is 2. The van der Waals surface area contributed by atoms with Crippen LogP contribution in [0.3, 0.4) is 0 Å². The summed E-state index contributed by atoms with van der Waals surface area (Å²) < 4.78 is 15.8. The molecule has 3 heterocycles. The number of aromatic nitrogens is 3. The summed E-state index contributed by atoms with van der Waals surface area (Å²) in [6.07, 6.45) is 4.06. The number of fused-ring (bicyclic) bond motifs is 1. The molecule has 11 nitrogen and oxygen atoms in total. The molecule has 0 bridgehead atoms. The van der Waals surface area contributed by atoms with E-state index in [4.69, 9.17) is 11.6 Å². The quantitative estimate of drug-likeness (QED) is 0.208. The molecule has 3 rings (SSSR count). The molecule has 3 N–H and O–H groups in total. The van der Waals surface area contributed by atoms with Crippen LogP contribution in [0.25, 0.3) is 11.0 Å². The topological polar surface area (TPSA) is 141 Å². The molecular formula is C29H36ClFN6O5. The number of nitrogens with one attached hydrogen (secondary N) is 2. The number of hydrogen-bond acceptors (Lipinski definition) is 5. The van der Waals surface area contributed by atoms with Gasteiger partial charge in [-0.05, 0) is 49.5 Å². The number of H-pyrrole nitrogens is 1. The zero-order valence-corrected chi connectivity index (χ0v) is 25.0. The van der Waals surface area contributed by atoms with Gasteiger partial charge in [-0.1, -0.05) is 31.5 Å². The second-order valence-electron chi connectivity index (χ2n) is 10.8. The van der Waals surface area contributed by atoms with Gasteiger partial charge < -0.3 is 25.2 Å². The number of carboxylic acid groups (broad SMARTS) is 1. The van der Waals surface area contributed by atoms with Crippen LogP contribution in [0.15, 0.2) is 41.3 Å². The molecule has 3 aromatic heterocycles. The second kappa shape index (κ2) is 14.1. The molecular weight excluding hydrogens is 567 g/mol. The highest BCUT2D eigenvalue weighted by Crippen LogP contribution is 2.24. The van der Waals surface area contributed by atoms with Crippen molar-refractivity contribution in [3.63, 3.8) is 0 Å². The van der Waals surface area contributed by atoms with E-state index in [0.717, 1.165) is 4.90 Å². The molecule has 226 valence electrons. The smallest absolute Gasteiger partial charge is 0.407 e. The third kappa shape index (κ3) is 8.19. The summed E-state index contributed by atoms with van der Waals surface area (Å²) in [6.45, 7) is 3.87. The van der Waals surface area contributed by atoms with Gasteiger partial charge in [0.15, 0.2) is 0 Å². The van der Waals surface area contributed by atoms with Gasteiger partial charge in [0.05, 0.1) is 29.7 Å². The van der Waals surface area contributed by atoms with Crippen LogP contribution in [0.1, 0.15) is 37.9 Å². The molecule has 13 heteroatoms. The number of amides is 3. The number of anilines is 1. The van der Waals surface area contributed by atoms with E-state index >= 15 is 0 Å². The number of aromatic amines is 1. The van der Waals surface area contributed by atoms with Crippen LogP contribution in [-0.2, 0) is 22.6 Å². The van der Waals surface area contributed by atoms with Gasteiger partial charge in [-0.15, -0.1) is 0 Å². The molecule has 0 aromatic carbocycles. The Morgan fingerprint density at radius 1 is 1.24 bits per heavy atom. The van der Waals surface area contributed by atoms with Crippen LogP contribution >= 0.6 is 11.6 Å². The van der Waals surface area contributed by atoms with E-state index in [1.54, 1.807) is 26.2 Å². The predicted octanol–water partition coefficient (Wildman–Crippen LogP) is 4.35. The van der Waals surface area contributed by atoms with Gasteiger partial charge in [-0.3, -0.25) is 23.9 Å². The normalized spacial score (nSPS) is 12.2. The van der Waals surface area contributed by atoms with Gasteiger partial charge >= 0.3 is 6.09 Å².